The van der Waals surface area contributed by atoms with E-state index in [9.17, 15) is 4.79 Å². The van der Waals surface area contributed by atoms with Crippen LogP contribution in [-0.4, -0.2) is 22.6 Å². The highest BCUT2D eigenvalue weighted by Crippen LogP contribution is 1.92. The third kappa shape index (κ3) is 2.09. The van der Waals surface area contributed by atoms with Crippen molar-refractivity contribution in [2.24, 2.45) is 0 Å². The average molecular weight is 164 g/mol. The minimum absolute atomic E-state index is 0.209. The van der Waals surface area contributed by atoms with E-state index in [2.05, 4.69) is 15.5 Å². The Labute approximate surface area is 69.4 Å². The van der Waals surface area contributed by atoms with Crippen molar-refractivity contribution in [1.82, 2.24) is 15.5 Å². The maximum absolute atomic E-state index is 11.1. The number of aromatic nitrogens is 2. The van der Waals surface area contributed by atoms with Crippen LogP contribution in [0.15, 0.2) is 12.4 Å². The zero-order valence-corrected chi connectivity index (χ0v) is 6.37. The summed E-state index contributed by atoms with van der Waals surface area (Å²) in [6.45, 7) is 0.376. The molecule has 0 aliphatic rings. The van der Waals surface area contributed by atoms with Crippen LogP contribution in [0, 0.1) is 11.3 Å². The van der Waals surface area contributed by atoms with Crippen LogP contribution in [0.5, 0.6) is 0 Å². The summed E-state index contributed by atoms with van der Waals surface area (Å²) in [5, 5.41) is 16.9. The van der Waals surface area contributed by atoms with Gasteiger partial charge in [0.05, 0.1) is 24.3 Å². The van der Waals surface area contributed by atoms with Gasteiger partial charge in [0.1, 0.15) is 0 Å². The van der Waals surface area contributed by atoms with Crippen LogP contribution in [0.2, 0.25) is 0 Å². The largest absolute Gasteiger partial charge is 0.351 e. The predicted octanol–water partition coefficient (Wildman–Crippen LogP) is 0.0532. The number of carbonyl (C=O) groups is 1. The van der Waals surface area contributed by atoms with Crippen LogP contribution in [0.1, 0.15) is 16.8 Å². The van der Waals surface area contributed by atoms with E-state index in [0.717, 1.165) is 0 Å². The van der Waals surface area contributed by atoms with Crippen molar-refractivity contribution in [3.05, 3.63) is 18.0 Å². The minimum atomic E-state index is -0.209. The Kier molecular flexibility index (Phi) is 2.85. The molecule has 0 aromatic carbocycles. The number of nitrogens with zero attached hydrogens (tertiary/aromatic N) is 2. The summed E-state index contributed by atoms with van der Waals surface area (Å²) in [6.07, 6.45) is 3.26. The molecule has 12 heavy (non-hydrogen) atoms. The number of hydrogen-bond acceptors (Lipinski definition) is 3. The number of nitriles is 1. The second-order valence-electron chi connectivity index (χ2n) is 2.15. The second-order valence-corrected chi connectivity index (χ2v) is 2.15. The number of H-pyrrole nitrogens is 1. The maximum atomic E-state index is 11.1. The first-order valence-corrected chi connectivity index (χ1v) is 3.48. The van der Waals surface area contributed by atoms with Gasteiger partial charge in [-0.3, -0.25) is 9.89 Å². The molecular weight excluding hydrogens is 156 g/mol. The molecule has 0 bridgehead atoms. The Balaban J connectivity index is 2.36. The molecule has 1 aromatic rings. The quantitative estimate of drug-likeness (QED) is 0.619. The van der Waals surface area contributed by atoms with Crippen molar-refractivity contribution in [2.45, 2.75) is 6.42 Å². The van der Waals surface area contributed by atoms with Gasteiger partial charge in [0.2, 0.25) is 0 Å². The molecule has 0 saturated heterocycles. The Bertz CT molecular complexity index is 285. The Morgan fingerprint density at radius 1 is 1.83 bits per heavy atom. The molecule has 1 amide bonds. The third-order valence-electron chi connectivity index (χ3n) is 1.28. The Hall–Kier alpha value is -1.83. The van der Waals surface area contributed by atoms with Crippen LogP contribution >= 0.6 is 0 Å². The van der Waals surface area contributed by atoms with Gasteiger partial charge in [-0.2, -0.15) is 10.4 Å². The van der Waals surface area contributed by atoms with Crippen molar-refractivity contribution < 1.29 is 4.79 Å². The van der Waals surface area contributed by atoms with Crippen LogP contribution in [0.3, 0.4) is 0 Å². The number of aromatic amines is 1. The fraction of sp³-hybridized carbons (Fsp3) is 0.286. The van der Waals surface area contributed by atoms with E-state index in [4.69, 9.17) is 5.26 Å². The summed E-state index contributed by atoms with van der Waals surface area (Å²) in [5.74, 6) is -0.209. The lowest BCUT2D eigenvalue weighted by Crippen LogP contribution is -2.23. The molecule has 1 heterocycles. The molecule has 1 aromatic heterocycles. The molecule has 0 fully saturated rings. The fourth-order valence-electron chi connectivity index (χ4n) is 0.709. The first kappa shape index (κ1) is 8.27. The van der Waals surface area contributed by atoms with E-state index in [0.29, 0.717) is 18.5 Å². The summed E-state index contributed by atoms with van der Waals surface area (Å²) >= 11 is 0. The lowest BCUT2D eigenvalue weighted by atomic mass is 10.3. The van der Waals surface area contributed by atoms with Gasteiger partial charge in [0.25, 0.3) is 5.91 Å². The van der Waals surface area contributed by atoms with Gasteiger partial charge in [0, 0.05) is 12.7 Å². The number of carbonyl (C=O) groups excluding carboxylic acids is 1. The summed E-state index contributed by atoms with van der Waals surface area (Å²) in [4.78, 5) is 11.1. The Morgan fingerprint density at radius 2 is 2.67 bits per heavy atom. The zero-order chi connectivity index (χ0) is 8.81. The monoisotopic (exact) mass is 164 g/mol. The van der Waals surface area contributed by atoms with E-state index in [1.165, 1.54) is 12.4 Å². The highest BCUT2D eigenvalue weighted by atomic mass is 16.1. The van der Waals surface area contributed by atoms with Gasteiger partial charge in [-0.05, 0) is 0 Å². The summed E-state index contributed by atoms with van der Waals surface area (Å²) in [6, 6.07) is 1.93. The third-order valence-corrected chi connectivity index (χ3v) is 1.28. The molecule has 0 aliphatic carbocycles. The lowest BCUT2D eigenvalue weighted by Gasteiger charge is -1.97. The maximum Gasteiger partial charge on any atom is 0.254 e. The topological polar surface area (TPSA) is 81.6 Å². The van der Waals surface area contributed by atoms with Gasteiger partial charge in [-0.1, -0.05) is 0 Å². The first-order valence-electron chi connectivity index (χ1n) is 3.48. The van der Waals surface area contributed by atoms with Gasteiger partial charge in [0.15, 0.2) is 0 Å². The van der Waals surface area contributed by atoms with E-state index in [1.807, 2.05) is 6.07 Å². The smallest absolute Gasteiger partial charge is 0.254 e. The minimum Gasteiger partial charge on any atom is -0.351 e. The standard InChI is InChI=1S/C7H8N4O/c8-2-1-3-9-7(12)6-4-10-11-5-6/h4-5H,1,3H2,(H,9,12)(H,10,11). The number of hydrogen-bond donors (Lipinski definition) is 2. The molecule has 0 aliphatic heterocycles. The Morgan fingerprint density at radius 3 is 3.25 bits per heavy atom. The van der Waals surface area contributed by atoms with Crippen LogP contribution in [0.25, 0.3) is 0 Å². The summed E-state index contributed by atoms with van der Waals surface area (Å²) in [7, 11) is 0. The van der Waals surface area contributed by atoms with Crippen LogP contribution < -0.4 is 5.32 Å². The fourth-order valence-corrected chi connectivity index (χ4v) is 0.709. The highest BCUT2D eigenvalue weighted by molar-refractivity contribution is 5.93. The molecule has 0 unspecified atom stereocenters. The van der Waals surface area contributed by atoms with E-state index in [1.54, 1.807) is 0 Å². The van der Waals surface area contributed by atoms with Crippen molar-refractivity contribution in [3.8, 4) is 6.07 Å². The van der Waals surface area contributed by atoms with E-state index >= 15 is 0 Å². The molecule has 5 heteroatoms. The summed E-state index contributed by atoms with van der Waals surface area (Å²) < 4.78 is 0. The molecule has 0 spiro atoms. The zero-order valence-electron chi connectivity index (χ0n) is 6.37. The van der Waals surface area contributed by atoms with Gasteiger partial charge in [-0.25, -0.2) is 0 Å². The van der Waals surface area contributed by atoms with Crippen molar-refractivity contribution >= 4 is 5.91 Å². The van der Waals surface area contributed by atoms with Crippen molar-refractivity contribution in [1.29, 1.82) is 5.26 Å². The van der Waals surface area contributed by atoms with Crippen molar-refractivity contribution in [2.75, 3.05) is 6.54 Å². The first-order chi connectivity index (χ1) is 5.84. The van der Waals surface area contributed by atoms with Crippen LogP contribution in [-0.2, 0) is 0 Å². The second kappa shape index (κ2) is 4.13. The molecule has 0 radical (unpaired) electrons. The van der Waals surface area contributed by atoms with Gasteiger partial charge >= 0.3 is 0 Å². The average Bonchev–Trinajstić information content (AvgIpc) is 2.56. The number of nitrogens with one attached hydrogen (secondary N) is 2. The van der Waals surface area contributed by atoms with Crippen molar-refractivity contribution in [3.63, 3.8) is 0 Å². The highest BCUT2D eigenvalue weighted by Gasteiger charge is 2.03. The molecule has 0 atom stereocenters. The number of amides is 1. The molecule has 0 saturated carbocycles. The molecular formula is C7H8N4O. The van der Waals surface area contributed by atoms with Gasteiger partial charge in [-0.15, -0.1) is 0 Å². The SMILES string of the molecule is N#CCCNC(=O)c1cn[nH]c1. The molecule has 62 valence electrons. The normalized spacial score (nSPS) is 8.92. The lowest BCUT2D eigenvalue weighted by molar-refractivity contribution is 0.0954. The summed E-state index contributed by atoms with van der Waals surface area (Å²) in [5.41, 5.74) is 0.480. The molecule has 5 nitrogen and oxygen atoms in total. The van der Waals surface area contributed by atoms with Crippen LogP contribution in [0.4, 0.5) is 0 Å². The van der Waals surface area contributed by atoms with Gasteiger partial charge < -0.3 is 5.32 Å². The van der Waals surface area contributed by atoms with E-state index < -0.39 is 0 Å². The predicted molar refractivity (Wildman–Crippen MR) is 41.2 cm³/mol. The number of rotatable bonds is 3. The molecule has 1 rings (SSSR count). The van der Waals surface area contributed by atoms with E-state index in [-0.39, 0.29) is 5.91 Å². The molecule has 2 N–H and O–H groups in total.